The molecule has 1 amide bonds. The lowest BCUT2D eigenvalue weighted by Gasteiger charge is -2.38. The van der Waals surface area contributed by atoms with Gasteiger partial charge in [0, 0.05) is 17.1 Å². The van der Waals surface area contributed by atoms with Crippen LogP contribution in [0.5, 0.6) is 11.5 Å². The summed E-state index contributed by atoms with van der Waals surface area (Å²) in [6.45, 7) is 0.00873. The highest BCUT2D eigenvalue weighted by Gasteiger charge is 2.40. The molecule has 37 heavy (non-hydrogen) atoms. The first-order valence-corrected chi connectivity index (χ1v) is 11.3. The number of rotatable bonds is 4. The molecule has 0 fully saturated rings. The summed E-state index contributed by atoms with van der Waals surface area (Å²) in [6, 6.07) is 9.88. The lowest BCUT2D eigenvalue weighted by Crippen LogP contribution is -2.41. The molecule has 0 aliphatic carbocycles. The molecule has 0 saturated heterocycles. The molecule has 1 heterocycles. The normalized spacial score (nSPS) is 15.8. The van der Waals surface area contributed by atoms with Crippen molar-refractivity contribution in [1.82, 2.24) is 4.90 Å². The van der Waals surface area contributed by atoms with Crippen LogP contribution in [0.1, 0.15) is 44.2 Å². The fraction of sp³-hybridized carbons (Fsp3) is 0.269. The SMILES string of the molecule is COc1cc2c(cc1OC)C(c1ccccc1Cl)N(C(=O)c1cc(C(F)(F)F)cc(C(F)(F)F)c1)CC2. The van der Waals surface area contributed by atoms with Crippen molar-refractivity contribution in [2.75, 3.05) is 20.8 Å². The van der Waals surface area contributed by atoms with Gasteiger partial charge in [0.2, 0.25) is 0 Å². The number of benzene rings is 3. The largest absolute Gasteiger partial charge is 0.493 e. The van der Waals surface area contributed by atoms with Gasteiger partial charge in [-0.25, -0.2) is 0 Å². The summed E-state index contributed by atoms with van der Waals surface area (Å²) < 4.78 is 91.5. The number of carbonyl (C=O) groups is 1. The minimum Gasteiger partial charge on any atom is -0.493 e. The van der Waals surface area contributed by atoms with Gasteiger partial charge < -0.3 is 14.4 Å². The number of halogens is 7. The number of ether oxygens (including phenoxy) is 2. The minimum absolute atomic E-state index is 0.00873. The van der Waals surface area contributed by atoms with Gasteiger partial charge in [-0.2, -0.15) is 26.3 Å². The molecule has 0 saturated carbocycles. The Morgan fingerprint density at radius 3 is 1.97 bits per heavy atom. The Labute approximate surface area is 213 Å². The Bertz CT molecular complexity index is 1310. The molecule has 11 heteroatoms. The van der Waals surface area contributed by atoms with Crippen LogP contribution in [0, 0.1) is 0 Å². The Morgan fingerprint density at radius 1 is 0.865 bits per heavy atom. The van der Waals surface area contributed by atoms with Gasteiger partial charge in [-0.3, -0.25) is 4.79 Å². The first-order chi connectivity index (χ1) is 17.3. The molecule has 0 aromatic heterocycles. The summed E-state index contributed by atoms with van der Waals surface area (Å²) in [5, 5.41) is 0.271. The van der Waals surface area contributed by atoms with Crippen molar-refractivity contribution in [3.05, 3.63) is 93.0 Å². The van der Waals surface area contributed by atoms with Crippen molar-refractivity contribution >= 4 is 17.5 Å². The standard InChI is InChI=1S/C26H20ClF6NO3/c1-36-21-11-14-7-8-34(23(19(14)13-22(21)37-2)18-5-3-4-6-20(18)27)24(35)15-9-16(25(28,29)30)12-17(10-15)26(31,32)33/h3-6,9-13,23H,7-8H2,1-2H3. The molecule has 1 atom stereocenters. The van der Waals surface area contributed by atoms with Crippen LogP contribution in [0.25, 0.3) is 0 Å². The highest BCUT2D eigenvalue weighted by atomic mass is 35.5. The van der Waals surface area contributed by atoms with E-state index in [1.165, 1.54) is 19.1 Å². The first-order valence-electron chi connectivity index (χ1n) is 10.9. The molecule has 3 aromatic carbocycles. The second-order valence-corrected chi connectivity index (χ2v) is 8.78. The molecule has 0 N–H and O–H groups in total. The lowest BCUT2D eigenvalue weighted by molar-refractivity contribution is -0.143. The Morgan fingerprint density at radius 2 is 1.43 bits per heavy atom. The third-order valence-corrected chi connectivity index (χ3v) is 6.51. The maximum atomic E-state index is 13.6. The number of nitrogens with zero attached hydrogens (tertiary/aromatic N) is 1. The molecule has 1 aliphatic heterocycles. The van der Waals surface area contributed by atoms with Crippen LogP contribution in [-0.4, -0.2) is 31.6 Å². The fourth-order valence-electron chi connectivity index (χ4n) is 4.44. The number of methoxy groups -OCH3 is 2. The zero-order valence-electron chi connectivity index (χ0n) is 19.5. The third-order valence-electron chi connectivity index (χ3n) is 6.17. The summed E-state index contributed by atoms with van der Waals surface area (Å²) in [4.78, 5) is 14.9. The summed E-state index contributed by atoms with van der Waals surface area (Å²) in [5.41, 5.74) is -2.08. The molecule has 4 rings (SSSR count). The van der Waals surface area contributed by atoms with Crippen LogP contribution >= 0.6 is 11.6 Å². The van der Waals surface area contributed by atoms with Crippen molar-refractivity contribution < 1.29 is 40.6 Å². The number of alkyl halides is 6. The summed E-state index contributed by atoms with van der Waals surface area (Å²) in [7, 11) is 2.88. The number of hydrogen-bond donors (Lipinski definition) is 0. The van der Waals surface area contributed by atoms with Gasteiger partial charge in [-0.1, -0.05) is 29.8 Å². The van der Waals surface area contributed by atoms with Crippen molar-refractivity contribution in [3.8, 4) is 11.5 Å². The second-order valence-electron chi connectivity index (χ2n) is 8.37. The monoisotopic (exact) mass is 543 g/mol. The molecular formula is C26H20ClF6NO3. The van der Waals surface area contributed by atoms with E-state index in [9.17, 15) is 31.1 Å². The van der Waals surface area contributed by atoms with Crippen molar-refractivity contribution in [1.29, 1.82) is 0 Å². The number of hydrogen-bond acceptors (Lipinski definition) is 3. The lowest BCUT2D eigenvalue weighted by atomic mass is 9.87. The minimum atomic E-state index is -5.09. The molecular weight excluding hydrogens is 524 g/mol. The van der Waals surface area contributed by atoms with Crippen LogP contribution < -0.4 is 9.47 Å². The van der Waals surface area contributed by atoms with E-state index in [0.29, 0.717) is 34.8 Å². The van der Waals surface area contributed by atoms with Crippen LogP contribution in [0.2, 0.25) is 5.02 Å². The molecule has 1 aliphatic rings. The van der Waals surface area contributed by atoms with Gasteiger partial charge >= 0.3 is 12.4 Å². The van der Waals surface area contributed by atoms with E-state index >= 15 is 0 Å². The van der Waals surface area contributed by atoms with Gasteiger partial charge in [0.25, 0.3) is 5.91 Å². The zero-order chi connectivity index (χ0) is 27.1. The van der Waals surface area contributed by atoms with E-state index in [2.05, 4.69) is 0 Å². The maximum absolute atomic E-state index is 13.6. The highest BCUT2D eigenvalue weighted by molar-refractivity contribution is 6.31. The van der Waals surface area contributed by atoms with Crippen LogP contribution in [0.15, 0.2) is 54.6 Å². The van der Waals surface area contributed by atoms with Gasteiger partial charge in [-0.15, -0.1) is 0 Å². The van der Waals surface area contributed by atoms with E-state index in [1.807, 2.05) is 0 Å². The van der Waals surface area contributed by atoms with Crippen molar-refractivity contribution in [2.24, 2.45) is 0 Å². The Kier molecular flexibility index (Phi) is 7.07. The van der Waals surface area contributed by atoms with E-state index in [4.69, 9.17) is 21.1 Å². The molecule has 0 radical (unpaired) electrons. The highest BCUT2D eigenvalue weighted by Crippen LogP contribution is 2.44. The summed E-state index contributed by atoms with van der Waals surface area (Å²) in [6.07, 6.45) is -9.90. The first kappa shape index (κ1) is 26.7. The predicted molar refractivity (Wildman–Crippen MR) is 124 cm³/mol. The topological polar surface area (TPSA) is 38.8 Å². The molecule has 0 spiro atoms. The molecule has 0 bridgehead atoms. The predicted octanol–water partition coefficient (Wildman–Crippen LogP) is 7.18. The van der Waals surface area contributed by atoms with E-state index in [-0.39, 0.29) is 24.1 Å². The Balaban J connectivity index is 1.90. The fourth-order valence-corrected chi connectivity index (χ4v) is 4.68. The van der Waals surface area contributed by atoms with Crippen LogP contribution in [0.3, 0.4) is 0 Å². The number of amides is 1. The zero-order valence-corrected chi connectivity index (χ0v) is 20.3. The van der Waals surface area contributed by atoms with E-state index in [1.54, 1.807) is 36.4 Å². The smallest absolute Gasteiger partial charge is 0.416 e. The van der Waals surface area contributed by atoms with Gasteiger partial charge in [0.05, 0.1) is 31.4 Å². The molecule has 196 valence electrons. The third kappa shape index (κ3) is 5.20. The summed E-state index contributed by atoms with van der Waals surface area (Å²) in [5.74, 6) is -0.223. The maximum Gasteiger partial charge on any atom is 0.416 e. The average Bonchev–Trinajstić information content (AvgIpc) is 2.85. The van der Waals surface area contributed by atoms with Gasteiger partial charge in [0.15, 0.2) is 11.5 Å². The Hall–Kier alpha value is -3.40. The van der Waals surface area contributed by atoms with Crippen LogP contribution in [-0.2, 0) is 18.8 Å². The second kappa shape index (κ2) is 9.81. The van der Waals surface area contributed by atoms with Gasteiger partial charge in [0.1, 0.15) is 0 Å². The molecule has 1 unspecified atom stereocenters. The molecule has 4 nitrogen and oxygen atoms in total. The number of fused-ring (bicyclic) bond motifs is 1. The van der Waals surface area contributed by atoms with Crippen LogP contribution in [0.4, 0.5) is 26.3 Å². The number of carbonyl (C=O) groups excluding carboxylic acids is 1. The average molecular weight is 544 g/mol. The summed E-state index contributed by atoms with van der Waals surface area (Å²) >= 11 is 6.45. The quantitative estimate of drug-likeness (QED) is 0.327. The van der Waals surface area contributed by atoms with Gasteiger partial charge in [-0.05, 0) is 59.5 Å². The molecule has 3 aromatic rings. The van der Waals surface area contributed by atoms with E-state index in [0.717, 1.165) is 5.56 Å². The van der Waals surface area contributed by atoms with E-state index < -0.39 is 41.0 Å². The van der Waals surface area contributed by atoms with Crippen molar-refractivity contribution in [3.63, 3.8) is 0 Å². The van der Waals surface area contributed by atoms with Crippen molar-refractivity contribution in [2.45, 2.75) is 24.8 Å².